The van der Waals surface area contributed by atoms with E-state index in [-0.39, 0.29) is 11.7 Å². The second-order valence-corrected chi connectivity index (χ2v) is 4.86. The summed E-state index contributed by atoms with van der Waals surface area (Å²) in [5.41, 5.74) is 0.0949. The normalized spacial score (nSPS) is 19.2. The van der Waals surface area contributed by atoms with Gasteiger partial charge in [-0.15, -0.1) is 0 Å². The van der Waals surface area contributed by atoms with Crippen LogP contribution in [0.2, 0.25) is 0 Å². The summed E-state index contributed by atoms with van der Waals surface area (Å²) in [6.07, 6.45) is -0.0394. The minimum atomic E-state index is -1.04. The molecule has 1 fully saturated rings. The van der Waals surface area contributed by atoms with E-state index in [4.69, 9.17) is 14.2 Å². The molecule has 1 unspecified atom stereocenters. The Morgan fingerprint density at radius 3 is 3.00 bits per heavy atom. The van der Waals surface area contributed by atoms with Crippen molar-refractivity contribution in [2.24, 2.45) is 0 Å². The number of hydrogen-bond acceptors (Lipinski definition) is 5. The van der Waals surface area contributed by atoms with Gasteiger partial charge < -0.3 is 19.3 Å². The Bertz CT molecular complexity index is 491. The molecule has 1 aliphatic heterocycles. The molecule has 1 aromatic rings. The second kappa shape index (κ2) is 7.28. The third kappa shape index (κ3) is 4.09. The molecule has 1 aliphatic rings. The van der Waals surface area contributed by atoms with Crippen LogP contribution in [0, 0.1) is 0 Å². The molecule has 2 rings (SSSR count). The number of aromatic carboxylic acids is 1. The molecular weight excluding hydrogens is 274 g/mol. The number of carboxylic acids is 1. The highest BCUT2D eigenvalue weighted by atomic mass is 16.5. The van der Waals surface area contributed by atoms with Crippen LogP contribution in [0.25, 0.3) is 0 Å². The van der Waals surface area contributed by atoms with Gasteiger partial charge in [-0.2, -0.15) is 0 Å². The lowest BCUT2D eigenvalue weighted by Crippen LogP contribution is -2.44. The fraction of sp³-hybridized carbons (Fsp3) is 0.533. The van der Waals surface area contributed by atoms with Gasteiger partial charge in [0.05, 0.1) is 13.7 Å². The smallest absolute Gasteiger partial charge is 0.339 e. The van der Waals surface area contributed by atoms with Crippen molar-refractivity contribution in [3.63, 3.8) is 0 Å². The van der Waals surface area contributed by atoms with Crippen LogP contribution in [0.1, 0.15) is 17.3 Å². The molecule has 116 valence electrons. The van der Waals surface area contributed by atoms with Crippen molar-refractivity contribution in [1.82, 2.24) is 4.90 Å². The first-order valence-electron chi connectivity index (χ1n) is 7.02. The summed E-state index contributed by atoms with van der Waals surface area (Å²) in [5, 5.41) is 9.23. The van der Waals surface area contributed by atoms with Gasteiger partial charge in [-0.25, -0.2) is 4.79 Å². The maximum absolute atomic E-state index is 11.3. The largest absolute Gasteiger partial charge is 0.497 e. The number of methoxy groups -OCH3 is 1. The van der Waals surface area contributed by atoms with E-state index in [9.17, 15) is 9.90 Å². The van der Waals surface area contributed by atoms with Crippen LogP contribution >= 0.6 is 0 Å². The number of ether oxygens (including phenoxy) is 3. The van der Waals surface area contributed by atoms with Crippen molar-refractivity contribution in [1.29, 1.82) is 0 Å². The van der Waals surface area contributed by atoms with Crippen LogP contribution in [-0.2, 0) is 4.74 Å². The molecule has 6 nitrogen and oxygen atoms in total. The van der Waals surface area contributed by atoms with E-state index in [1.807, 2.05) is 0 Å². The highest BCUT2D eigenvalue weighted by Crippen LogP contribution is 2.24. The third-order valence-electron chi connectivity index (χ3n) is 3.51. The lowest BCUT2D eigenvalue weighted by atomic mass is 10.2. The number of nitrogens with zero attached hydrogens (tertiary/aromatic N) is 1. The van der Waals surface area contributed by atoms with E-state index >= 15 is 0 Å². The molecule has 0 aromatic heterocycles. The van der Waals surface area contributed by atoms with Crippen molar-refractivity contribution < 1.29 is 24.1 Å². The number of carboxylic acid groups (broad SMARTS) is 1. The summed E-state index contributed by atoms with van der Waals surface area (Å²) in [6, 6.07) is 4.75. The first-order valence-corrected chi connectivity index (χ1v) is 7.02. The summed E-state index contributed by atoms with van der Waals surface area (Å²) >= 11 is 0. The SMILES string of the molecule is CCN1CCOC(COc2ccc(OC)cc2C(=O)O)C1. The molecule has 1 aromatic carbocycles. The zero-order valence-corrected chi connectivity index (χ0v) is 12.4. The molecule has 1 heterocycles. The van der Waals surface area contributed by atoms with Crippen molar-refractivity contribution in [2.75, 3.05) is 40.0 Å². The van der Waals surface area contributed by atoms with Gasteiger partial charge in [-0.3, -0.25) is 4.90 Å². The van der Waals surface area contributed by atoms with Gasteiger partial charge in [0, 0.05) is 13.1 Å². The molecule has 1 N–H and O–H groups in total. The van der Waals surface area contributed by atoms with Crippen molar-refractivity contribution >= 4 is 5.97 Å². The number of morpholine rings is 1. The molecule has 21 heavy (non-hydrogen) atoms. The zero-order valence-electron chi connectivity index (χ0n) is 12.4. The van der Waals surface area contributed by atoms with Gasteiger partial charge in [0.25, 0.3) is 0 Å². The quantitative estimate of drug-likeness (QED) is 0.857. The van der Waals surface area contributed by atoms with Gasteiger partial charge >= 0.3 is 5.97 Å². The van der Waals surface area contributed by atoms with Crippen LogP contribution in [0.15, 0.2) is 18.2 Å². The topological polar surface area (TPSA) is 68.2 Å². The molecule has 0 spiro atoms. The summed E-state index contributed by atoms with van der Waals surface area (Å²) in [5.74, 6) is -0.213. The number of hydrogen-bond donors (Lipinski definition) is 1. The van der Waals surface area contributed by atoms with Crippen LogP contribution in [0.4, 0.5) is 0 Å². The summed E-state index contributed by atoms with van der Waals surface area (Å²) in [6.45, 7) is 5.82. The van der Waals surface area contributed by atoms with Crippen LogP contribution < -0.4 is 9.47 Å². The zero-order chi connectivity index (χ0) is 15.2. The Morgan fingerprint density at radius 1 is 1.52 bits per heavy atom. The molecule has 0 bridgehead atoms. The summed E-state index contributed by atoms with van der Waals surface area (Å²) < 4.78 is 16.3. The number of rotatable bonds is 6. The van der Waals surface area contributed by atoms with Gasteiger partial charge in [-0.1, -0.05) is 6.92 Å². The van der Waals surface area contributed by atoms with Crippen molar-refractivity contribution in [3.05, 3.63) is 23.8 Å². The Labute approximate surface area is 124 Å². The van der Waals surface area contributed by atoms with Crippen LogP contribution in [0.5, 0.6) is 11.5 Å². The lowest BCUT2D eigenvalue weighted by Gasteiger charge is -2.31. The van der Waals surface area contributed by atoms with E-state index in [2.05, 4.69) is 11.8 Å². The number of benzene rings is 1. The maximum atomic E-state index is 11.3. The average Bonchev–Trinajstić information content (AvgIpc) is 2.52. The summed E-state index contributed by atoms with van der Waals surface area (Å²) in [7, 11) is 1.50. The molecule has 0 aliphatic carbocycles. The Morgan fingerprint density at radius 2 is 2.33 bits per heavy atom. The minimum absolute atomic E-state index is 0.0394. The lowest BCUT2D eigenvalue weighted by molar-refractivity contribution is -0.0465. The fourth-order valence-electron chi connectivity index (χ4n) is 2.28. The number of likely N-dealkylation sites (N-methyl/N-ethyl adjacent to an activating group) is 1. The predicted octanol–water partition coefficient (Wildman–Crippen LogP) is 1.49. The van der Waals surface area contributed by atoms with E-state index in [1.54, 1.807) is 12.1 Å². The molecule has 0 saturated carbocycles. The molecule has 1 atom stereocenters. The molecular formula is C15H21NO5. The van der Waals surface area contributed by atoms with Gasteiger partial charge in [0.1, 0.15) is 29.8 Å². The Balaban J connectivity index is 2.00. The first kappa shape index (κ1) is 15.6. The van der Waals surface area contributed by atoms with Gasteiger partial charge in [0.2, 0.25) is 0 Å². The molecule has 6 heteroatoms. The van der Waals surface area contributed by atoms with Gasteiger partial charge in [0.15, 0.2) is 0 Å². The Hall–Kier alpha value is -1.79. The maximum Gasteiger partial charge on any atom is 0.339 e. The standard InChI is InChI=1S/C15H21NO5/c1-3-16-6-7-20-12(9-16)10-21-14-5-4-11(19-2)8-13(14)15(17)18/h4-5,8,12H,3,6-7,9-10H2,1-2H3,(H,17,18). The monoisotopic (exact) mass is 295 g/mol. The van der Waals surface area contributed by atoms with E-state index < -0.39 is 5.97 Å². The minimum Gasteiger partial charge on any atom is -0.497 e. The highest BCUT2D eigenvalue weighted by molar-refractivity contribution is 5.91. The second-order valence-electron chi connectivity index (χ2n) is 4.86. The van der Waals surface area contributed by atoms with Crippen molar-refractivity contribution in [3.8, 4) is 11.5 Å². The van der Waals surface area contributed by atoms with E-state index in [1.165, 1.54) is 13.2 Å². The highest BCUT2D eigenvalue weighted by Gasteiger charge is 2.21. The summed E-state index contributed by atoms with van der Waals surface area (Å²) in [4.78, 5) is 13.5. The average molecular weight is 295 g/mol. The third-order valence-corrected chi connectivity index (χ3v) is 3.51. The number of carbonyl (C=O) groups is 1. The molecule has 1 saturated heterocycles. The fourth-order valence-corrected chi connectivity index (χ4v) is 2.28. The van der Waals surface area contributed by atoms with Gasteiger partial charge in [-0.05, 0) is 24.7 Å². The van der Waals surface area contributed by atoms with Crippen LogP contribution in [0.3, 0.4) is 0 Å². The molecule has 0 amide bonds. The Kier molecular flexibility index (Phi) is 5.41. The van der Waals surface area contributed by atoms with Crippen LogP contribution in [-0.4, -0.2) is 62.0 Å². The van der Waals surface area contributed by atoms with Crippen molar-refractivity contribution in [2.45, 2.75) is 13.0 Å². The predicted molar refractivity (Wildman–Crippen MR) is 77.3 cm³/mol. The van der Waals surface area contributed by atoms with E-state index in [0.29, 0.717) is 24.7 Å². The molecule has 0 radical (unpaired) electrons. The van der Waals surface area contributed by atoms with E-state index in [0.717, 1.165) is 19.6 Å². The first-order chi connectivity index (χ1) is 10.1.